The Kier molecular flexibility index (Phi) is 4.93. The molecule has 0 aromatic heterocycles. The minimum absolute atomic E-state index is 0.191. The molecule has 0 saturated heterocycles. The van der Waals surface area contributed by atoms with Gasteiger partial charge in [-0.3, -0.25) is 4.79 Å². The summed E-state index contributed by atoms with van der Waals surface area (Å²) in [6.07, 6.45) is -0.702. The number of aliphatic hydroxyl groups is 1. The van der Waals surface area contributed by atoms with Gasteiger partial charge in [-0.15, -0.1) is 0 Å². The first-order valence-corrected chi connectivity index (χ1v) is 7.14. The molecule has 0 fully saturated rings. The van der Waals surface area contributed by atoms with Crippen molar-refractivity contribution in [3.63, 3.8) is 0 Å². The lowest BCUT2D eigenvalue weighted by atomic mass is 10.0. The van der Waals surface area contributed by atoms with E-state index in [1.54, 1.807) is 18.2 Å². The summed E-state index contributed by atoms with van der Waals surface area (Å²) in [6, 6.07) is 14.7. The molecule has 3 nitrogen and oxygen atoms in total. The van der Waals surface area contributed by atoms with Crippen LogP contribution in [0.5, 0.6) is 0 Å². The highest BCUT2D eigenvalue weighted by molar-refractivity contribution is 9.10. The number of halogens is 1. The molecule has 20 heavy (non-hydrogen) atoms. The van der Waals surface area contributed by atoms with Gasteiger partial charge in [0.1, 0.15) is 0 Å². The topological polar surface area (TPSA) is 49.3 Å². The molecular formula is C16H16BrNO2. The average molecular weight is 334 g/mol. The van der Waals surface area contributed by atoms with E-state index in [9.17, 15) is 9.90 Å². The maximum Gasteiger partial charge on any atom is 0.251 e. The van der Waals surface area contributed by atoms with E-state index >= 15 is 0 Å². The third-order valence-electron chi connectivity index (χ3n) is 3.09. The van der Waals surface area contributed by atoms with Crippen molar-refractivity contribution in [3.05, 3.63) is 69.7 Å². The molecule has 2 rings (SSSR count). The fourth-order valence-corrected chi connectivity index (χ4v) is 2.39. The third-order valence-corrected chi connectivity index (χ3v) is 3.58. The number of carbonyl (C=O) groups is 1. The van der Waals surface area contributed by atoms with Crippen LogP contribution in [0.25, 0.3) is 0 Å². The highest BCUT2D eigenvalue weighted by atomic mass is 79.9. The summed E-state index contributed by atoms with van der Waals surface area (Å²) in [7, 11) is 0. The normalized spacial score (nSPS) is 11.9. The molecule has 2 aromatic carbocycles. The van der Waals surface area contributed by atoms with Crippen LogP contribution in [0, 0.1) is 6.92 Å². The number of nitrogens with one attached hydrogen (secondary N) is 1. The SMILES string of the molecule is Cc1ccccc1C(O)CNC(=O)c1cccc(Br)c1. The van der Waals surface area contributed by atoms with Crippen LogP contribution < -0.4 is 5.32 Å². The molecule has 104 valence electrons. The molecular weight excluding hydrogens is 318 g/mol. The Labute approximate surface area is 126 Å². The van der Waals surface area contributed by atoms with Crippen LogP contribution in [0.15, 0.2) is 53.0 Å². The van der Waals surface area contributed by atoms with E-state index in [1.165, 1.54) is 0 Å². The zero-order valence-electron chi connectivity index (χ0n) is 11.1. The zero-order chi connectivity index (χ0) is 14.5. The molecule has 1 unspecified atom stereocenters. The van der Waals surface area contributed by atoms with Crippen LogP contribution in [0.4, 0.5) is 0 Å². The lowest BCUT2D eigenvalue weighted by molar-refractivity contribution is 0.0916. The van der Waals surface area contributed by atoms with E-state index < -0.39 is 6.10 Å². The number of rotatable bonds is 4. The van der Waals surface area contributed by atoms with E-state index in [-0.39, 0.29) is 12.5 Å². The van der Waals surface area contributed by atoms with Crippen molar-refractivity contribution in [2.45, 2.75) is 13.0 Å². The molecule has 0 saturated carbocycles. The molecule has 0 radical (unpaired) electrons. The maximum absolute atomic E-state index is 12.0. The molecule has 2 N–H and O–H groups in total. The van der Waals surface area contributed by atoms with Gasteiger partial charge in [-0.2, -0.15) is 0 Å². The van der Waals surface area contributed by atoms with E-state index in [0.717, 1.165) is 15.6 Å². The summed E-state index contributed by atoms with van der Waals surface area (Å²) in [5.41, 5.74) is 2.41. The van der Waals surface area contributed by atoms with Crippen molar-refractivity contribution < 1.29 is 9.90 Å². The van der Waals surface area contributed by atoms with Gasteiger partial charge in [0.05, 0.1) is 6.10 Å². The van der Waals surface area contributed by atoms with Crippen LogP contribution in [0.2, 0.25) is 0 Å². The fraction of sp³-hybridized carbons (Fsp3) is 0.188. The van der Waals surface area contributed by atoms with Gasteiger partial charge in [0.2, 0.25) is 0 Å². The van der Waals surface area contributed by atoms with Gasteiger partial charge in [-0.05, 0) is 36.2 Å². The Morgan fingerprint density at radius 1 is 1.25 bits per heavy atom. The molecule has 0 spiro atoms. The van der Waals surface area contributed by atoms with Crippen molar-refractivity contribution in [2.24, 2.45) is 0 Å². The van der Waals surface area contributed by atoms with Crippen LogP contribution >= 0.6 is 15.9 Å². The quantitative estimate of drug-likeness (QED) is 0.902. The van der Waals surface area contributed by atoms with Crippen molar-refractivity contribution >= 4 is 21.8 Å². The van der Waals surface area contributed by atoms with Crippen molar-refractivity contribution in [2.75, 3.05) is 6.54 Å². The summed E-state index contributed by atoms with van der Waals surface area (Å²) in [5, 5.41) is 12.9. The number of carbonyl (C=O) groups excluding carboxylic acids is 1. The molecule has 0 aliphatic rings. The smallest absolute Gasteiger partial charge is 0.251 e. The molecule has 4 heteroatoms. The highest BCUT2D eigenvalue weighted by Gasteiger charge is 2.12. The number of hydrogen-bond acceptors (Lipinski definition) is 2. The summed E-state index contributed by atoms with van der Waals surface area (Å²) in [6.45, 7) is 2.13. The first-order valence-electron chi connectivity index (χ1n) is 6.35. The van der Waals surface area contributed by atoms with E-state index in [0.29, 0.717) is 5.56 Å². The second kappa shape index (κ2) is 6.68. The van der Waals surface area contributed by atoms with E-state index in [1.807, 2.05) is 37.3 Å². The zero-order valence-corrected chi connectivity index (χ0v) is 12.7. The number of aliphatic hydroxyl groups excluding tert-OH is 1. The maximum atomic E-state index is 12.0. The first-order chi connectivity index (χ1) is 9.58. The largest absolute Gasteiger partial charge is 0.387 e. The molecule has 0 heterocycles. The third kappa shape index (κ3) is 3.68. The fourth-order valence-electron chi connectivity index (χ4n) is 1.99. The molecule has 2 aromatic rings. The Morgan fingerprint density at radius 2 is 2.00 bits per heavy atom. The molecule has 1 amide bonds. The highest BCUT2D eigenvalue weighted by Crippen LogP contribution is 2.16. The van der Waals surface area contributed by atoms with E-state index in [4.69, 9.17) is 0 Å². The number of benzene rings is 2. The standard InChI is InChI=1S/C16H16BrNO2/c1-11-5-2-3-8-14(11)15(19)10-18-16(20)12-6-4-7-13(17)9-12/h2-9,15,19H,10H2,1H3,(H,18,20). The summed E-state index contributed by atoms with van der Waals surface area (Å²) in [4.78, 5) is 12.0. The molecule has 0 bridgehead atoms. The Hall–Kier alpha value is -1.65. The molecule has 0 aliphatic carbocycles. The molecule has 1 atom stereocenters. The lowest BCUT2D eigenvalue weighted by Gasteiger charge is -2.14. The van der Waals surface area contributed by atoms with Crippen LogP contribution in [0.3, 0.4) is 0 Å². The van der Waals surface area contributed by atoms with Gasteiger partial charge in [0.25, 0.3) is 5.91 Å². The number of aryl methyl sites for hydroxylation is 1. The van der Waals surface area contributed by atoms with Gasteiger partial charge in [0.15, 0.2) is 0 Å². The van der Waals surface area contributed by atoms with Crippen LogP contribution in [-0.2, 0) is 0 Å². The summed E-state index contributed by atoms with van der Waals surface area (Å²) in [5.74, 6) is -0.195. The van der Waals surface area contributed by atoms with Crippen LogP contribution in [-0.4, -0.2) is 17.6 Å². The first kappa shape index (κ1) is 14.8. The minimum Gasteiger partial charge on any atom is -0.387 e. The Morgan fingerprint density at radius 3 is 2.70 bits per heavy atom. The predicted molar refractivity (Wildman–Crippen MR) is 82.6 cm³/mol. The number of amides is 1. The minimum atomic E-state index is -0.702. The van der Waals surface area contributed by atoms with Gasteiger partial charge >= 0.3 is 0 Å². The van der Waals surface area contributed by atoms with Crippen molar-refractivity contribution in [3.8, 4) is 0 Å². The summed E-state index contributed by atoms with van der Waals surface area (Å²) >= 11 is 3.33. The van der Waals surface area contributed by atoms with Crippen molar-refractivity contribution in [1.29, 1.82) is 0 Å². The lowest BCUT2D eigenvalue weighted by Crippen LogP contribution is -2.28. The van der Waals surface area contributed by atoms with Gasteiger partial charge < -0.3 is 10.4 Å². The van der Waals surface area contributed by atoms with Gasteiger partial charge in [0, 0.05) is 16.6 Å². The van der Waals surface area contributed by atoms with Gasteiger partial charge in [-0.1, -0.05) is 46.3 Å². The van der Waals surface area contributed by atoms with Crippen molar-refractivity contribution in [1.82, 2.24) is 5.32 Å². The Bertz CT molecular complexity index is 613. The van der Waals surface area contributed by atoms with Crippen LogP contribution in [0.1, 0.15) is 27.6 Å². The number of hydrogen-bond donors (Lipinski definition) is 2. The monoisotopic (exact) mass is 333 g/mol. The Balaban J connectivity index is 1.99. The summed E-state index contributed by atoms with van der Waals surface area (Å²) < 4.78 is 0.851. The average Bonchev–Trinajstić information content (AvgIpc) is 2.45. The predicted octanol–water partition coefficient (Wildman–Crippen LogP) is 3.22. The second-order valence-corrected chi connectivity index (χ2v) is 5.51. The van der Waals surface area contributed by atoms with E-state index in [2.05, 4.69) is 21.2 Å². The molecule has 0 aliphatic heterocycles. The van der Waals surface area contributed by atoms with Gasteiger partial charge in [-0.25, -0.2) is 0 Å². The second-order valence-electron chi connectivity index (χ2n) is 4.59.